The van der Waals surface area contributed by atoms with Gasteiger partial charge in [0.2, 0.25) is 0 Å². The lowest BCUT2D eigenvalue weighted by Gasteiger charge is -2.14. The molecule has 0 radical (unpaired) electrons. The number of aryl methyl sites for hydroxylation is 1. The van der Waals surface area contributed by atoms with E-state index < -0.39 is 0 Å². The number of hydrazone groups is 1. The molecule has 0 bridgehead atoms. The molecule has 0 aliphatic rings. The Kier molecular flexibility index (Phi) is 9.00. The minimum atomic E-state index is -0.266. The molecule has 9 heteroatoms. The molecule has 6 nitrogen and oxygen atoms in total. The second kappa shape index (κ2) is 11.9. The van der Waals surface area contributed by atoms with Crippen LogP contribution in [0, 0.1) is 6.92 Å². The van der Waals surface area contributed by atoms with E-state index in [4.69, 9.17) is 32.7 Å². The van der Waals surface area contributed by atoms with Gasteiger partial charge in [0.15, 0.2) is 11.5 Å². The zero-order valence-electron chi connectivity index (χ0n) is 18.0. The van der Waals surface area contributed by atoms with Crippen LogP contribution in [-0.4, -0.2) is 25.8 Å². The summed E-state index contributed by atoms with van der Waals surface area (Å²) in [6.07, 6.45) is 1.52. The molecule has 0 aliphatic carbocycles. The van der Waals surface area contributed by atoms with Crippen molar-refractivity contribution in [2.75, 3.05) is 19.0 Å². The highest BCUT2D eigenvalue weighted by Crippen LogP contribution is 2.37. The topological polar surface area (TPSA) is 72.0 Å². The summed E-state index contributed by atoms with van der Waals surface area (Å²) >= 11 is 15.7. The molecule has 3 aromatic rings. The fraction of sp³-hybridized carbons (Fsp3) is 0.167. The van der Waals surface area contributed by atoms with Gasteiger partial charge in [-0.15, -0.1) is 0 Å². The number of carbonyl (C=O) groups is 1. The molecule has 33 heavy (non-hydrogen) atoms. The maximum absolute atomic E-state index is 12.0. The number of halogens is 3. The number of anilines is 1. The number of hydrogen-bond donors (Lipinski definition) is 2. The van der Waals surface area contributed by atoms with Crippen LogP contribution in [0.2, 0.25) is 10.0 Å². The normalized spacial score (nSPS) is 10.8. The van der Waals surface area contributed by atoms with E-state index in [-0.39, 0.29) is 19.1 Å². The van der Waals surface area contributed by atoms with Gasteiger partial charge in [0.05, 0.1) is 24.3 Å². The SMILES string of the molecule is COc1cc(/C=N\NC(=O)CNc2ccc(C)cc2)cc(Br)c1OCc1ccc(Cl)cc1Cl. The van der Waals surface area contributed by atoms with Crippen LogP contribution >= 0.6 is 39.1 Å². The van der Waals surface area contributed by atoms with E-state index in [0.717, 1.165) is 16.8 Å². The van der Waals surface area contributed by atoms with E-state index in [1.807, 2.05) is 43.3 Å². The fourth-order valence-electron chi connectivity index (χ4n) is 2.82. The third-order valence-corrected chi connectivity index (χ3v) is 5.72. The van der Waals surface area contributed by atoms with E-state index in [0.29, 0.717) is 31.6 Å². The van der Waals surface area contributed by atoms with Crippen molar-refractivity contribution in [1.82, 2.24) is 5.43 Å². The fourth-order valence-corrected chi connectivity index (χ4v) is 3.85. The highest BCUT2D eigenvalue weighted by atomic mass is 79.9. The molecule has 172 valence electrons. The molecule has 0 spiro atoms. The predicted octanol–water partition coefficient (Wildman–Crippen LogP) is 6.21. The molecule has 0 saturated heterocycles. The Labute approximate surface area is 211 Å². The monoisotopic (exact) mass is 549 g/mol. The lowest BCUT2D eigenvalue weighted by Crippen LogP contribution is -2.25. The van der Waals surface area contributed by atoms with Gasteiger partial charge in [-0.2, -0.15) is 5.10 Å². The van der Waals surface area contributed by atoms with E-state index in [9.17, 15) is 4.79 Å². The minimum Gasteiger partial charge on any atom is -0.493 e. The summed E-state index contributed by atoms with van der Waals surface area (Å²) < 4.78 is 12.0. The molecule has 0 atom stereocenters. The summed E-state index contributed by atoms with van der Waals surface area (Å²) in [5.74, 6) is 0.757. The zero-order valence-corrected chi connectivity index (χ0v) is 21.1. The van der Waals surface area contributed by atoms with Gasteiger partial charge in [0.25, 0.3) is 5.91 Å². The van der Waals surface area contributed by atoms with Crippen LogP contribution in [0.4, 0.5) is 5.69 Å². The average Bonchev–Trinajstić information content (AvgIpc) is 2.78. The first-order valence-corrected chi connectivity index (χ1v) is 11.5. The molecule has 0 heterocycles. The second-order valence-corrected chi connectivity index (χ2v) is 8.77. The van der Waals surface area contributed by atoms with Crippen molar-refractivity contribution in [2.24, 2.45) is 5.10 Å². The van der Waals surface area contributed by atoms with Gasteiger partial charge in [-0.25, -0.2) is 5.43 Å². The summed E-state index contributed by atoms with van der Waals surface area (Å²) in [4.78, 5) is 12.0. The number of carbonyl (C=O) groups excluding carboxylic acids is 1. The summed E-state index contributed by atoms with van der Waals surface area (Å²) in [7, 11) is 1.54. The van der Waals surface area contributed by atoms with Crippen molar-refractivity contribution in [3.63, 3.8) is 0 Å². The largest absolute Gasteiger partial charge is 0.493 e. The molecule has 0 saturated carbocycles. The van der Waals surface area contributed by atoms with Crippen molar-refractivity contribution in [3.8, 4) is 11.5 Å². The first-order valence-electron chi connectivity index (χ1n) is 9.92. The third-order valence-electron chi connectivity index (χ3n) is 4.55. The Bertz CT molecular complexity index is 1150. The van der Waals surface area contributed by atoms with Gasteiger partial charge in [-0.05, 0) is 64.8 Å². The second-order valence-electron chi connectivity index (χ2n) is 7.07. The van der Waals surface area contributed by atoms with Gasteiger partial charge < -0.3 is 14.8 Å². The number of amides is 1. The number of methoxy groups -OCH3 is 1. The molecule has 2 N–H and O–H groups in total. The van der Waals surface area contributed by atoms with Crippen LogP contribution in [0.15, 0.2) is 64.2 Å². The number of benzene rings is 3. The van der Waals surface area contributed by atoms with Crippen LogP contribution in [0.25, 0.3) is 0 Å². The van der Waals surface area contributed by atoms with Crippen molar-refractivity contribution in [2.45, 2.75) is 13.5 Å². The summed E-state index contributed by atoms with van der Waals surface area (Å²) in [6.45, 7) is 2.35. The average molecular weight is 551 g/mol. The van der Waals surface area contributed by atoms with E-state index in [1.54, 1.807) is 25.3 Å². The Morgan fingerprint density at radius 1 is 1.12 bits per heavy atom. The van der Waals surface area contributed by atoms with Crippen molar-refractivity contribution in [1.29, 1.82) is 0 Å². The predicted molar refractivity (Wildman–Crippen MR) is 137 cm³/mol. The summed E-state index contributed by atoms with van der Waals surface area (Å²) in [5, 5.41) is 8.14. The van der Waals surface area contributed by atoms with Crippen LogP contribution in [0.3, 0.4) is 0 Å². The Hall–Kier alpha value is -2.74. The Balaban J connectivity index is 1.59. The first-order chi connectivity index (χ1) is 15.9. The van der Waals surface area contributed by atoms with E-state index in [1.165, 1.54) is 6.21 Å². The molecule has 0 aliphatic heterocycles. The third kappa shape index (κ3) is 7.39. The van der Waals surface area contributed by atoms with Crippen LogP contribution in [0.1, 0.15) is 16.7 Å². The van der Waals surface area contributed by atoms with Gasteiger partial charge >= 0.3 is 0 Å². The zero-order chi connectivity index (χ0) is 23.8. The van der Waals surface area contributed by atoms with Crippen LogP contribution < -0.4 is 20.2 Å². The summed E-state index contributed by atoms with van der Waals surface area (Å²) in [6, 6.07) is 16.6. The van der Waals surface area contributed by atoms with Crippen molar-refractivity contribution in [3.05, 3.63) is 85.8 Å². The smallest absolute Gasteiger partial charge is 0.259 e. The minimum absolute atomic E-state index is 0.105. The molecule has 0 unspecified atom stereocenters. The van der Waals surface area contributed by atoms with Gasteiger partial charge in [0.1, 0.15) is 6.61 Å². The molecule has 0 aromatic heterocycles. The van der Waals surface area contributed by atoms with Crippen molar-refractivity contribution < 1.29 is 14.3 Å². The number of nitrogens with one attached hydrogen (secondary N) is 2. The van der Waals surface area contributed by atoms with Crippen molar-refractivity contribution >= 4 is 56.9 Å². The molecule has 3 rings (SSSR count). The Morgan fingerprint density at radius 2 is 1.88 bits per heavy atom. The number of rotatable bonds is 9. The quantitative estimate of drug-likeness (QED) is 0.245. The molecule has 0 fully saturated rings. The highest BCUT2D eigenvalue weighted by Gasteiger charge is 2.13. The van der Waals surface area contributed by atoms with Crippen LogP contribution in [-0.2, 0) is 11.4 Å². The number of hydrogen-bond acceptors (Lipinski definition) is 5. The maximum atomic E-state index is 12.0. The molecule has 1 amide bonds. The Morgan fingerprint density at radius 3 is 2.58 bits per heavy atom. The number of nitrogens with zero attached hydrogens (tertiary/aromatic N) is 1. The van der Waals surface area contributed by atoms with E-state index in [2.05, 4.69) is 31.8 Å². The number of ether oxygens (including phenoxy) is 2. The van der Waals surface area contributed by atoms with E-state index >= 15 is 0 Å². The lowest BCUT2D eigenvalue weighted by atomic mass is 10.2. The first kappa shape index (κ1) is 24.9. The van der Waals surface area contributed by atoms with Gasteiger partial charge in [0, 0.05) is 21.3 Å². The van der Waals surface area contributed by atoms with Crippen LogP contribution in [0.5, 0.6) is 11.5 Å². The highest BCUT2D eigenvalue weighted by molar-refractivity contribution is 9.10. The molecule has 3 aromatic carbocycles. The molecular formula is C24H22BrCl2N3O3. The maximum Gasteiger partial charge on any atom is 0.259 e. The lowest BCUT2D eigenvalue weighted by molar-refractivity contribution is -0.119. The standard InChI is InChI=1S/C24H22BrCl2N3O3/c1-15-3-7-19(8-4-15)28-13-23(31)30-29-12-16-9-20(25)24(22(10-16)32-2)33-14-17-5-6-18(26)11-21(17)27/h3-12,28H,13-14H2,1-2H3,(H,30,31)/b29-12-. The van der Waals surface area contributed by atoms with Gasteiger partial charge in [-0.3, -0.25) is 4.79 Å². The summed E-state index contributed by atoms with van der Waals surface area (Å²) in [5.41, 5.74) is 6.02. The van der Waals surface area contributed by atoms with Gasteiger partial charge in [-0.1, -0.05) is 47.0 Å². The molecular weight excluding hydrogens is 529 g/mol.